The van der Waals surface area contributed by atoms with E-state index >= 15 is 0 Å². The minimum atomic E-state index is -1.55. The average molecular weight is 603 g/mol. The number of hydrogen-bond donors (Lipinski definition) is 8. The van der Waals surface area contributed by atoms with Gasteiger partial charge in [0.15, 0.2) is 0 Å². The second kappa shape index (κ2) is 27.1. The van der Waals surface area contributed by atoms with Gasteiger partial charge in [0.25, 0.3) is 0 Å². The van der Waals surface area contributed by atoms with Crippen LogP contribution in [0.4, 0.5) is 0 Å². The quantitative estimate of drug-likeness (QED) is 0.0689. The van der Waals surface area contributed by atoms with Crippen molar-refractivity contribution in [2.45, 2.75) is 119 Å². The number of nitrogens with one attached hydrogen (secondary N) is 6. The molecule has 0 atom stereocenters. The van der Waals surface area contributed by atoms with Crippen molar-refractivity contribution in [3.8, 4) is 0 Å². The van der Waals surface area contributed by atoms with Crippen LogP contribution in [0.5, 0.6) is 0 Å². The van der Waals surface area contributed by atoms with E-state index in [-0.39, 0.29) is 0 Å². The third-order valence-electron chi connectivity index (χ3n) is 3.32. The molecule has 0 fully saturated rings. The highest BCUT2D eigenvalue weighted by atomic mass is 16.4. The van der Waals surface area contributed by atoms with Crippen LogP contribution in [-0.4, -0.2) is 82.3 Å². The van der Waals surface area contributed by atoms with Gasteiger partial charge in [0.05, 0.1) is 48.2 Å². The van der Waals surface area contributed by atoms with Crippen LogP contribution < -0.4 is 41.5 Å². The highest BCUT2D eigenvalue weighted by Crippen LogP contribution is 1.78. The Bertz CT molecular complexity index is 765. The summed E-state index contributed by atoms with van der Waals surface area (Å²) in [6.45, 7) is 25.5. The third kappa shape index (κ3) is 48.9. The second-order valence-electron chi connectivity index (χ2n) is 10.5. The molecule has 0 amide bonds. The Morgan fingerprint density at radius 2 is 0.714 bits per heavy atom. The summed E-state index contributed by atoms with van der Waals surface area (Å²) >= 11 is 0. The van der Waals surface area contributed by atoms with Gasteiger partial charge >= 0.3 is 23.9 Å². The summed E-state index contributed by atoms with van der Waals surface area (Å²) in [5.74, 6) is -3.55. The molecule has 0 unspecified atom stereocenters. The third-order valence-corrected chi connectivity index (χ3v) is 3.32. The molecule has 0 bridgehead atoms. The van der Waals surface area contributed by atoms with Gasteiger partial charge in [0, 0.05) is 12.2 Å². The van der Waals surface area contributed by atoms with Crippen LogP contribution >= 0.6 is 0 Å². The fourth-order valence-electron chi connectivity index (χ4n) is 2.26. The number of rotatable bonds is 10. The SMILES string of the molecule is CC(C)NC(NC(C)C)=[NH+]C(C)C.CC(C)NC(NC(C)C)=[NH+]C(C)C.O=C(O)/C=C/C(=O)O.O=C([O-])/C=C/C(=O)[O-]. The van der Waals surface area contributed by atoms with Crippen LogP contribution in [0.3, 0.4) is 0 Å². The monoisotopic (exact) mass is 602 g/mol. The summed E-state index contributed by atoms with van der Waals surface area (Å²) in [6.07, 6.45) is 1.88. The molecule has 0 heterocycles. The van der Waals surface area contributed by atoms with Gasteiger partial charge < -0.3 is 30.0 Å². The summed E-state index contributed by atoms with van der Waals surface area (Å²) in [5.41, 5.74) is 0. The molecule has 42 heavy (non-hydrogen) atoms. The van der Waals surface area contributed by atoms with E-state index in [4.69, 9.17) is 10.2 Å². The number of hydrogen-bond acceptors (Lipinski definition) is 6. The van der Waals surface area contributed by atoms with Gasteiger partial charge in [-0.15, -0.1) is 0 Å². The van der Waals surface area contributed by atoms with E-state index in [0.29, 0.717) is 60.6 Å². The van der Waals surface area contributed by atoms with Crippen LogP contribution in [0.15, 0.2) is 24.3 Å². The number of carbonyl (C=O) groups excluding carboxylic acids is 2. The van der Waals surface area contributed by atoms with Crippen molar-refractivity contribution in [2.24, 2.45) is 0 Å². The van der Waals surface area contributed by atoms with Gasteiger partial charge in [-0.3, -0.25) is 31.3 Å². The normalized spacial score (nSPS) is 10.3. The van der Waals surface area contributed by atoms with E-state index in [9.17, 15) is 29.4 Å². The fourth-order valence-corrected chi connectivity index (χ4v) is 2.26. The zero-order valence-electron chi connectivity index (χ0n) is 27.1. The standard InChI is InChI=1S/2C10H23N3.2C4H4O4/c2*1-7(2)11-10(12-8(3)4)13-9(5)6;2*5-3(6)1-2-4(7)8/h2*7-9H,1-6H3,(H2,11,12,13);2*1-2H,(H,5,6)(H,7,8)/b;;2*2-1+. The van der Waals surface area contributed by atoms with Gasteiger partial charge in [-0.1, -0.05) is 0 Å². The van der Waals surface area contributed by atoms with E-state index in [2.05, 4.69) is 114 Å². The first-order chi connectivity index (χ1) is 19.1. The molecule has 0 radical (unpaired) electrons. The number of guanidine groups is 2. The first-order valence-electron chi connectivity index (χ1n) is 13.7. The van der Waals surface area contributed by atoms with E-state index in [1.54, 1.807) is 0 Å². The van der Waals surface area contributed by atoms with E-state index in [1.807, 2.05) is 0 Å². The molecule has 0 aliphatic heterocycles. The maximum Gasteiger partial charge on any atom is 0.344 e. The molecule has 0 aliphatic rings. The molecule has 244 valence electrons. The maximum atomic E-state index is 9.55. The first kappa shape index (κ1) is 44.9. The van der Waals surface area contributed by atoms with Crippen LogP contribution in [-0.2, 0) is 19.2 Å². The van der Waals surface area contributed by atoms with Gasteiger partial charge in [-0.2, -0.15) is 0 Å². The lowest BCUT2D eigenvalue weighted by atomic mass is 10.3. The smallest absolute Gasteiger partial charge is 0.344 e. The summed E-state index contributed by atoms with van der Waals surface area (Å²) in [7, 11) is 0. The molecule has 8 N–H and O–H groups in total. The average Bonchev–Trinajstić information content (AvgIpc) is 2.75. The van der Waals surface area contributed by atoms with Crippen molar-refractivity contribution >= 4 is 35.8 Å². The van der Waals surface area contributed by atoms with Gasteiger partial charge in [0.2, 0.25) is 0 Å². The zero-order valence-corrected chi connectivity index (χ0v) is 27.1. The minimum absolute atomic E-state index is 0.384. The minimum Gasteiger partial charge on any atom is -0.545 e. The Kier molecular flexibility index (Phi) is 29.0. The highest BCUT2D eigenvalue weighted by molar-refractivity contribution is 5.89. The van der Waals surface area contributed by atoms with Crippen molar-refractivity contribution < 1.29 is 49.6 Å². The van der Waals surface area contributed by atoms with Crippen LogP contribution in [0.25, 0.3) is 0 Å². The van der Waals surface area contributed by atoms with Crippen molar-refractivity contribution in [3.05, 3.63) is 24.3 Å². The van der Waals surface area contributed by atoms with Gasteiger partial charge in [-0.25, -0.2) is 9.59 Å². The second-order valence-corrected chi connectivity index (χ2v) is 10.5. The van der Waals surface area contributed by atoms with E-state index in [0.717, 1.165) is 11.9 Å². The molecule has 0 aromatic carbocycles. The molecular formula is C28H54N6O8. The summed E-state index contributed by atoms with van der Waals surface area (Å²) < 4.78 is 0. The predicted molar refractivity (Wildman–Crippen MR) is 159 cm³/mol. The summed E-state index contributed by atoms with van der Waals surface area (Å²) in [6, 6.07) is 2.71. The van der Waals surface area contributed by atoms with Gasteiger partial charge in [-0.05, 0) is 95.2 Å². The van der Waals surface area contributed by atoms with E-state index in [1.165, 1.54) is 0 Å². The molecular weight excluding hydrogens is 548 g/mol. The highest BCUT2D eigenvalue weighted by Gasteiger charge is 2.11. The van der Waals surface area contributed by atoms with Crippen LogP contribution in [0, 0.1) is 0 Å². The number of carboxylic acid groups (broad SMARTS) is 4. The lowest BCUT2D eigenvalue weighted by Crippen LogP contribution is -2.84. The molecule has 0 aliphatic carbocycles. The summed E-state index contributed by atoms with van der Waals surface area (Å²) in [5, 5.41) is 47.8. The van der Waals surface area contributed by atoms with Crippen molar-refractivity contribution in [2.75, 3.05) is 0 Å². The van der Waals surface area contributed by atoms with Crippen molar-refractivity contribution in [1.82, 2.24) is 21.3 Å². The fraction of sp³-hybridized carbons (Fsp3) is 0.643. The Morgan fingerprint density at radius 3 is 0.833 bits per heavy atom. The van der Waals surface area contributed by atoms with Gasteiger partial charge in [0.1, 0.15) is 0 Å². The molecule has 14 nitrogen and oxygen atoms in total. The summed E-state index contributed by atoms with van der Waals surface area (Å²) in [4.78, 5) is 44.6. The lowest BCUT2D eigenvalue weighted by molar-refractivity contribution is -0.498. The maximum absolute atomic E-state index is 9.55. The molecule has 0 saturated heterocycles. The lowest BCUT2D eigenvalue weighted by Gasteiger charge is -2.11. The number of carboxylic acids is 4. The Morgan fingerprint density at radius 1 is 0.500 bits per heavy atom. The van der Waals surface area contributed by atoms with Crippen molar-refractivity contribution in [3.63, 3.8) is 0 Å². The van der Waals surface area contributed by atoms with E-state index < -0.39 is 23.9 Å². The number of carbonyl (C=O) groups is 4. The Hall–Kier alpha value is -4.10. The van der Waals surface area contributed by atoms with Crippen LogP contribution in [0.2, 0.25) is 0 Å². The van der Waals surface area contributed by atoms with Crippen molar-refractivity contribution in [1.29, 1.82) is 0 Å². The predicted octanol–water partition coefficient (Wildman–Crippen LogP) is -3.59. The first-order valence-corrected chi connectivity index (χ1v) is 13.7. The Balaban J connectivity index is -0.000000235. The molecule has 0 aromatic heterocycles. The number of aliphatic carboxylic acids is 4. The topological polar surface area (TPSA) is 231 Å². The largest absolute Gasteiger partial charge is 0.545 e. The molecule has 0 rings (SSSR count). The molecule has 0 saturated carbocycles. The molecule has 14 heteroatoms. The molecule has 0 aromatic rings. The molecule has 0 spiro atoms. The Labute approximate surface area is 250 Å². The van der Waals surface area contributed by atoms with Crippen LogP contribution in [0.1, 0.15) is 83.1 Å². The zero-order chi connectivity index (χ0) is 34.0.